The first-order valence-corrected chi connectivity index (χ1v) is 5.56. The van der Waals surface area contributed by atoms with Gasteiger partial charge in [0.15, 0.2) is 5.78 Å². The maximum atomic E-state index is 11.9. The number of fused-ring (bicyclic) bond motifs is 5. The van der Waals surface area contributed by atoms with Crippen LogP contribution in [0.15, 0.2) is 11.6 Å². The van der Waals surface area contributed by atoms with E-state index in [4.69, 9.17) is 0 Å². The summed E-state index contributed by atoms with van der Waals surface area (Å²) in [6.45, 7) is 2.10. The van der Waals surface area contributed by atoms with Crippen LogP contribution in [-0.4, -0.2) is 5.78 Å². The Morgan fingerprint density at radius 1 is 1.38 bits per heavy atom. The summed E-state index contributed by atoms with van der Waals surface area (Å²) in [5, 5.41) is 0. The van der Waals surface area contributed by atoms with Crippen molar-refractivity contribution in [3.8, 4) is 0 Å². The van der Waals surface area contributed by atoms with Gasteiger partial charge in [-0.25, -0.2) is 0 Å². The summed E-state index contributed by atoms with van der Waals surface area (Å²) in [6, 6.07) is 0. The van der Waals surface area contributed by atoms with Crippen LogP contribution in [0.1, 0.15) is 32.6 Å². The number of hydrogen-bond donors (Lipinski definition) is 0. The predicted octanol–water partition coefficient (Wildman–Crippen LogP) is 2.57. The first-order chi connectivity index (χ1) is 6.31. The van der Waals surface area contributed by atoms with Gasteiger partial charge in [0, 0.05) is 5.92 Å². The molecule has 0 saturated heterocycles. The Bertz CT molecular complexity index is 289. The number of carbonyl (C=O) groups is 1. The van der Waals surface area contributed by atoms with Crippen molar-refractivity contribution in [1.29, 1.82) is 0 Å². The molecule has 0 aliphatic heterocycles. The van der Waals surface area contributed by atoms with Crippen LogP contribution >= 0.6 is 0 Å². The Morgan fingerprint density at radius 3 is 2.85 bits per heavy atom. The maximum absolute atomic E-state index is 11.9. The molecule has 0 aromatic heterocycles. The summed E-state index contributed by atoms with van der Waals surface area (Å²) in [5.74, 6) is 3.19. The number of ketones is 1. The van der Waals surface area contributed by atoms with Crippen LogP contribution in [-0.2, 0) is 4.79 Å². The summed E-state index contributed by atoms with van der Waals surface area (Å²) in [7, 11) is 0. The standard InChI is InChI=1S/C12H16O/c1-2-7-6-10-8-3-4-9(5-8)11(10)12(7)13/h6,8-11H,2-5H2,1H3/t8-,9+,10+,11-/m1/s1. The molecule has 3 aliphatic rings. The first-order valence-electron chi connectivity index (χ1n) is 5.56. The average Bonchev–Trinajstić information content (AvgIpc) is 2.76. The van der Waals surface area contributed by atoms with Gasteiger partial charge in [0.2, 0.25) is 0 Å². The number of Topliss-reactive ketones (excluding diaryl/α,β-unsaturated/α-hetero) is 1. The largest absolute Gasteiger partial charge is 0.294 e. The van der Waals surface area contributed by atoms with E-state index < -0.39 is 0 Å². The first kappa shape index (κ1) is 7.78. The highest BCUT2D eigenvalue weighted by Gasteiger charge is 2.52. The molecular formula is C12H16O. The number of rotatable bonds is 1. The molecule has 1 nitrogen and oxygen atoms in total. The third-order valence-corrected chi connectivity index (χ3v) is 4.37. The van der Waals surface area contributed by atoms with Crippen molar-refractivity contribution in [2.75, 3.05) is 0 Å². The van der Waals surface area contributed by atoms with Crippen molar-refractivity contribution >= 4 is 5.78 Å². The summed E-state index contributed by atoms with van der Waals surface area (Å²) in [5.41, 5.74) is 1.13. The second-order valence-electron chi connectivity index (χ2n) is 4.85. The highest BCUT2D eigenvalue weighted by Crippen LogP contribution is 2.56. The van der Waals surface area contributed by atoms with Crippen LogP contribution in [0.2, 0.25) is 0 Å². The molecule has 70 valence electrons. The average molecular weight is 176 g/mol. The van der Waals surface area contributed by atoms with Crippen molar-refractivity contribution in [2.24, 2.45) is 23.7 Å². The van der Waals surface area contributed by atoms with E-state index in [2.05, 4.69) is 13.0 Å². The normalized spacial score (nSPS) is 46.8. The van der Waals surface area contributed by atoms with Crippen LogP contribution in [0.5, 0.6) is 0 Å². The van der Waals surface area contributed by atoms with Gasteiger partial charge in [-0.1, -0.05) is 13.0 Å². The van der Waals surface area contributed by atoms with E-state index in [-0.39, 0.29) is 0 Å². The van der Waals surface area contributed by atoms with Crippen LogP contribution in [0, 0.1) is 23.7 Å². The van der Waals surface area contributed by atoms with Gasteiger partial charge < -0.3 is 0 Å². The molecule has 13 heavy (non-hydrogen) atoms. The van der Waals surface area contributed by atoms with Crippen molar-refractivity contribution < 1.29 is 4.79 Å². The van der Waals surface area contributed by atoms with Gasteiger partial charge >= 0.3 is 0 Å². The Balaban J connectivity index is 1.96. The SMILES string of the molecule is CCC1=C[C@H]2[C@@H]3CC[C@@H](C3)[C@H]2C1=O. The van der Waals surface area contributed by atoms with Gasteiger partial charge in [0.25, 0.3) is 0 Å². The molecule has 0 unspecified atom stereocenters. The van der Waals surface area contributed by atoms with Crippen molar-refractivity contribution in [3.05, 3.63) is 11.6 Å². The van der Waals surface area contributed by atoms with E-state index in [0.29, 0.717) is 17.6 Å². The molecule has 3 aliphatic carbocycles. The monoisotopic (exact) mass is 176 g/mol. The molecule has 0 amide bonds. The van der Waals surface area contributed by atoms with Crippen LogP contribution in [0.4, 0.5) is 0 Å². The summed E-state index contributed by atoms with van der Waals surface area (Å²) >= 11 is 0. The highest BCUT2D eigenvalue weighted by atomic mass is 16.1. The zero-order chi connectivity index (χ0) is 9.00. The number of carbonyl (C=O) groups excluding carboxylic acids is 1. The van der Waals surface area contributed by atoms with E-state index >= 15 is 0 Å². The molecule has 3 rings (SSSR count). The Labute approximate surface area is 79.2 Å². The van der Waals surface area contributed by atoms with E-state index in [1.165, 1.54) is 19.3 Å². The molecule has 2 fully saturated rings. The molecule has 0 aromatic rings. The fourth-order valence-corrected chi connectivity index (χ4v) is 3.79. The number of hydrogen-bond acceptors (Lipinski definition) is 1. The molecule has 0 radical (unpaired) electrons. The lowest BCUT2D eigenvalue weighted by atomic mass is 9.81. The molecule has 0 heterocycles. The summed E-state index contributed by atoms with van der Waals surface area (Å²) < 4.78 is 0. The second-order valence-corrected chi connectivity index (χ2v) is 4.85. The topological polar surface area (TPSA) is 17.1 Å². The third-order valence-electron chi connectivity index (χ3n) is 4.37. The lowest BCUT2D eigenvalue weighted by Gasteiger charge is -2.22. The Kier molecular flexibility index (Phi) is 1.47. The van der Waals surface area contributed by atoms with E-state index in [0.717, 1.165) is 23.8 Å². The quantitative estimate of drug-likeness (QED) is 0.600. The molecular weight excluding hydrogens is 160 g/mol. The molecule has 0 N–H and O–H groups in total. The van der Waals surface area contributed by atoms with E-state index in [1.54, 1.807) is 0 Å². The Morgan fingerprint density at radius 2 is 2.15 bits per heavy atom. The molecule has 2 bridgehead atoms. The van der Waals surface area contributed by atoms with Gasteiger partial charge in [-0.3, -0.25) is 4.79 Å². The van der Waals surface area contributed by atoms with Crippen LogP contribution in [0.25, 0.3) is 0 Å². The molecule has 1 heteroatoms. The lowest BCUT2D eigenvalue weighted by molar-refractivity contribution is -0.120. The van der Waals surface area contributed by atoms with Crippen molar-refractivity contribution in [2.45, 2.75) is 32.6 Å². The van der Waals surface area contributed by atoms with E-state index in [9.17, 15) is 4.79 Å². The van der Waals surface area contributed by atoms with Crippen LogP contribution in [0.3, 0.4) is 0 Å². The smallest absolute Gasteiger partial charge is 0.162 e. The fourth-order valence-electron chi connectivity index (χ4n) is 3.79. The zero-order valence-corrected chi connectivity index (χ0v) is 8.12. The zero-order valence-electron chi connectivity index (χ0n) is 8.12. The predicted molar refractivity (Wildman–Crippen MR) is 51.2 cm³/mol. The van der Waals surface area contributed by atoms with Gasteiger partial charge in [-0.05, 0) is 49.0 Å². The molecule has 0 aromatic carbocycles. The van der Waals surface area contributed by atoms with Gasteiger partial charge in [0.1, 0.15) is 0 Å². The summed E-state index contributed by atoms with van der Waals surface area (Å²) in [4.78, 5) is 11.9. The summed E-state index contributed by atoms with van der Waals surface area (Å²) in [6.07, 6.45) is 7.30. The van der Waals surface area contributed by atoms with Crippen LogP contribution < -0.4 is 0 Å². The van der Waals surface area contributed by atoms with Gasteiger partial charge in [-0.2, -0.15) is 0 Å². The second kappa shape index (κ2) is 2.46. The van der Waals surface area contributed by atoms with Gasteiger partial charge in [0.05, 0.1) is 0 Å². The maximum Gasteiger partial charge on any atom is 0.162 e. The van der Waals surface area contributed by atoms with Gasteiger partial charge in [-0.15, -0.1) is 0 Å². The number of allylic oxidation sites excluding steroid dienone is 2. The minimum absolute atomic E-state index is 0.425. The minimum Gasteiger partial charge on any atom is -0.294 e. The minimum atomic E-state index is 0.425. The third kappa shape index (κ3) is 0.853. The fraction of sp³-hybridized carbons (Fsp3) is 0.750. The molecule has 4 atom stereocenters. The molecule has 0 spiro atoms. The van der Waals surface area contributed by atoms with E-state index in [1.807, 2.05) is 0 Å². The Hall–Kier alpha value is -0.590. The highest BCUT2D eigenvalue weighted by molar-refractivity contribution is 6.00. The molecule has 2 saturated carbocycles. The van der Waals surface area contributed by atoms with Crippen molar-refractivity contribution in [3.63, 3.8) is 0 Å². The van der Waals surface area contributed by atoms with Crippen molar-refractivity contribution in [1.82, 2.24) is 0 Å². The lowest BCUT2D eigenvalue weighted by Crippen LogP contribution is -2.23.